The summed E-state index contributed by atoms with van der Waals surface area (Å²) < 4.78 is 0. The molecule has 2 aromatic rings. The highest BCUT2D eigenvalue weighted by atomic mass is 32.2. The maximum Gasteiger partial charge on any atom is 0.0465 e. The molecule has 3 heteroatoms. The van der Waals surface area contributed by atoms with Gasteiger partial charge in [-0.25, -0.2) is 0 Å². The molecule has 0 radical (unpaired) electrons. The summed E-state index contributed by atoms with van der Waals surface area (Å²) in [7, 11) is 0. The molecular formula is C8H8N2S. The van der Waals surface area contributed by atoms with Crippen LogP contribution in [0.4, 0.5) is 0 Å². The van der Waals surface area contributed by atoms with E-state index in [0.717, 1.165) is 10.4 Å². The van der Waals surface area contributed by atoms with E-state index in [-0.39, 0.29) is 0 Å². The van der Waals surface area contributed by atoms with Crippen molar-refractivity contribution in [2.75, 3.05) is 0 Å². The number of nitrogens with two attached hydrogens (primary N) is 1. The van der Waals surface area contributed by atoms with Gasteiger partial charge in [-0.15, -0.1) is 0 Å². The minimum atomic E-state index is 1.08. The summed E-state index contributed by atoms with van der Waals surface area (Å²) >= 11 is 1.27. The molecule has 0 saturated heterocycles. The first-order chi connectivity index (χ1) is 5.40. The number of rotatable bonds is 1. The van der Waals surface area contributed by atoms with Crippen LogP contribution in [0.2, 0.25) is 0 Å². The van der Waals surface area contributed by atoms with Crippen LogP contribution >= 0.6 is 11.9 Å². The van der Waals surface area contributed by atoms with Gasteiger partial charge in [-0.3, -0.25) is 5.14 Å². The summed E-state index contributed by atoms with van der Waals surface area (Å²) in [6, 6.07) is 8.15. The number of hydrogen-bond acceptors (Lipinski definition) is 2. The Morgan fingerprint density at radius 3 is 3.00 bits per heavy atom. The van der Waals surface area contributed by atoms with Crippen LogP contribution in [-0.2, 0) is 0 Å². The van der Waals surface area contributed by atoms with Gasteiger partial charge in [0.2, 0.25) is 0 Å². The van der Waals surface area contributed by atoms with E-state index in [2.05, 4.69) is 11.1 Å². The molecule has 0 saturated carbocycles. The predicted molar refractivity (Wildman–Crippen MR) is 48.3 cm³/mol. The van der Waals surface area contributed by atoms with Crippen molar-refractivity contribution in [3.8, 4) is 0 Å². The molecule has 2 nitrogen and oxygen atoms in total. The number of fused-ring (bicyclic) bond motifs is 1. The van der Waals surface area contributed by atoms with E-state index in [4.69, 9.17) is 5.14 Å². The maximum absolute atomic E-state index is 5.41. The van der Waals surface area contributed by atoms with Crippen molar-refractivity contribution in [2.24, 2.45) is 5.14 Å². The summed E-state index contributed by atoms with van der Waals surface area (Å²) in [4.78, 5) is 4.21. The largest absolute Gasteiger partial charge is 0.361 e. The van der Waals surface area contributed by atoms with Gasteiger partial charge in [0.15, 0.2) is 0 Å². The molecule has 0 unspecified atom stereocenters. The summed E-state index contributed by atoms with van der Waals surface area (Å²) in [6.45, 7) is 0. The molecule has 0 spiro atoms. The van der Waals surface area contributed by atoms with E-state index >= 15 is 0 Å². The zero-order valence-electron chi connectivity index (χ0n) is 5.87. The van der Waals surface area contributed by atoms with Crippen LogP contribution in [0, 0.1) is 0 Å². The number of aromatic amines is 1. The normalized spacial score (nSPS) is 10.6. The van der Waals surface area contributed by atoms with Crippen LogP contribution in [0.5, 0.6) is 0 Å². The molecule has 0 bridgehead atoms. The van der Waals surface area contributed by atoms with Crippen molar-refractivity contribution in [3.63, 3.8) is 0 Å². The molecule has 1 aromatic heterocycles. The average molecular weight is 164 g/mol. The second-order valence-electron chi connectivity index (χ2n) is 2.34. The molecular weight excluding hydrogens is 156 g/mol. The maximum atomic E-state index is 5.41. The fourth-order valence-electron chi connectivity index (χ4n) is 1.10. The molecule has 0 aliphatic carbocycles. The monoisotopic (exact) mass is 164 g/mol. The van der Waals surface area contributed by atoms with Gasteiger partial charge in [0.25, 0.3) is 0 Å². The van der Waals surface area contributed by atoms with Gasteiger partial charge in [0.05, 0.1) is 0 Å². The Balaban J connectivity index is 2.67. The van der Waals surface area contributed by atoms with Crippen LogP contribution < -0.4 is 5.14 Å². The third-order valence-electron chi connectivity index (χ3n) is 1.66. The quantitative estimate of drug-likeness (QED) is 0.634. The SMILES string of the molecule is NSc1ccc2cc[nH]c2c1. The zero-order chi connectivity index (χ0) is 7.68. The van der Waals surface area contributed by atoms with Crippen LogP contribution in [0.15, 0.2) is 35.4 Å². The lowest BCUT2D eigenvalue weighted by Gasteiger charge is -1.94. The molecule has 2 rings (SSSR count). The van der Waals surface area contributed by atoms with Crippen molar-refractivity contribution < 1.29 is 0 Å². The first-order valence-corrected chi connectivity index (χ1v) is 4.22. The molecule has 3 N–H and O–H groups in total. The molecule has 56 valence electrons. The van der Waals surface area contributed by atoms with Gasteiger partial charge in [-0.2, -0.15) is 0 Å². The highest BCUT2D eigenvalue weighted by molar-refractivity contribution is 7.97. The second-order valence-corrected chi connectivity index (χ2v) is 3.05. The number of nitrogens with one attached hydrogen (secondary N) is 1. The predicted octanol–water partition coefficient (Wildman–Crippen LogP) is 2.13. The minimum Gasteiger partial charge on any atom is -0.361 e. The Kier molecular flexibility index (Phi) is 1.60. The van der Waals surface area contributed by atoms with Gasteiger partial charge in [0.1, 0.15) is 0 Å². The van der Waals surface area contributed by atoms with Crippen LogP contribution in [0.3, 0.4) is 0 Å². The molecule has 0 atom stereocenters. The lowest BCUT2D eigenvalue weighted by molar-refractivity contribution is 1.43. The molecule has 1 heterocycles. The van der Waals surface area contributed by atoms with Crippen molar-refractivity contribution >= 4 is 22.9 Å². The molecule has 0 fully saturated rings. The number of aromatic nitrogens is 1. The second kappa shape index (κ2) is 2.60. The van der Waals surface area contributed by atoms with Gasteiger partial charge in [0, 0.05) is 16.6 Å². The number of benzene rings is 1. The topological polar surface area (TPSA) is 41.8 Å². The lowest BCUT2D eigenvalue weighted by Crippen LogP contribution is -1.78. The fourth-order valence-corrected chi connectivity index (χ4v) is 1.43. The summed E-state index contributed by atoms with van der Waals surface area (Å²) in [6.07, 6.45) is 1.93. The number of H-pyrrole nitrogens is 1. The van der Waals surface area contributed by atoms with E-state index in [9.17, 15) is 0 Å². The molecule has 0 aliphatic heterocycles. The zero-order valence-corrected chi connectivity index (χ0v) is 6.69. The summed E-state index contributed by atoms with van der Waals surface area (Å²) in [5.41, 5.74) is 1.14. The van der Waals surface area contributed by atoms with Crippen LogP contribution in [-0.4, -0.2) is 4.98 Å². The van der Waals surface area contributed by atoms with Crippen LogP contribution in [0.25, 0.3) is 10.9 Å². The summed E-state index contributed by atoms with van der Waals surface area (Å²) in [5.74, 6) is 0. The van der Waals surface area contributed by atoms with Gasteiger partial charge in [-0.05, 0) is 35.5 Å². The van der Waals surface area contributed by atoms with Gasteiger partial charge in [-0.1, -0.05) is 6.07 Å². The van der Waals surface area contributed by atoms with E-state index in [1.807, 2.05) is 24.4 Å². The van der Waals surface area contributed by atoms with Gasteiger partial charge >= 0.3 is 0 Å². The van der Waals surface area contributed by atoms with Crippen molar-refractivity contribution in [3.05, 3.63) is 30.5 Å². The minimum absolute atomic E-state index is 1.08. The first kappa shape index (κ1) is 6.76. The average Bonchev–Trinajstić information content (AvgIpc) is 2.50. The van der Waals surface area contributed by atoms with E-state index < -0.39 is 0 Å². The highest BCUT2D eigenvalue weighted by Crippen LogP contribution is 2.18. The van der Waals surface area contributed by atoms with Crippen molar-refractivity contribution in [2.45, 2.75) is 4.90 Å². The number of hydrogen-bond donors (Lipinski definition) is 2. The Morgan fingerprint density at radius 1 is 1.27 bits per heavy atom. The van der Waals surface area contributed by atoms with Crippen molar-refractivity contribution in [1.29, 1.82) is 0 Å². The molecule has 11 heavy (non-hydrogen) atoms. The third kappa shape index (κ3) is 1.13. The van der Waals surface area contributed by atoms with Crippen LogP contribution in [0.1, 0.15) is 0 Å². The highest BCUT2D eigenvalue weighted by Gasteiger charge is 1.94. The Labute approximate surface area is 68.9 Å². The molecule has 0 amide bonds. The van der Waals surface area contributed by atoms with E-state index in [0.29, 0.717) is 0 Å². The van der Waals surface area contributed by atoms with E-state index in [1.54, 1.807) is 0 Å². The van der Waals surface area contributed by atoms with E-state index in [1.165, 1.54) is 17.3 Å². The third-order valence-corrected chi connectivity index (χ3v) is 2.19. The summed E-state index contributed by atoms with van der Waals surface area (Å²) in [5, 5.41) is 6.64. The first-order valence-electron chi connectivity index (χ1n) is 3.34. The Morgan fingerprint density at radius 2 is 2.18 bits per heavy atom. The van der Waals surface area contributed by atoms with Gasteiger partial charge < -0.3 is 4.98 Å². The molecule has 1 aromatic carbocycles. The fraction of sp³-hybridized carbons (Fsp3) is 0. The standard InChI is InChI=1S/C8H8N2S/c9-11-7-2-1-6-3-4-10-8(6)5-7/h1-5,10H,9H2. The lowest BCUT2D eigenvalue weighted by atomic mass is 10.2. The smallest absolute Gasteiger partial charge is 0.0465 e. The molecule has 0 aliphatic rings. The Bertz CT molecular complexity index is 367. The Hall–Kier alpha value is -0.930. The van der Waals surface area contributed by atoms with Crippen molar-refractivity contribution in [1.82, 2.24) is 4.98 Å².